The zero-order chi connectivity index (χ0) is 13.1. The first-order valence-electron chi connectivity index (χ1n) is 5.46. The highest BCUT2D eigenvalue weighted by Crippen LogP contribution is 2.22. The van der Waals surface area contributed by atoms with Gasteiger partial charge >= 0.3 is 0 Å². The Morgan fingerprint density at radius 3 is 2.89 bits per heavy atom. The Bertz CT molecular complexity index is 625. The molecule has 0 saturated carbocycles. The van der Waals surface area contributed by atoms with Crippen LogP contribution in [0.5, 0.6) is 0 Å². The van der Waals surface area contributed by atoms with E-state index in [1.165, 1.54) is 5.56 Å². The van der Waals surface area contributed by atoms with Gasteiger partial charge in [-0.3, -0.25) is 0 Å². The van der Waals surface area contributed by atoms with Crippen LogP contribution in [0.15, 0.2) is 28.7 Å². The Hall–Kier alpha value is -1.04. The summed E-state index contributed by atoms with van der Waals surface area (Å²) in [5, 5.41) is 0. The van der Waals surface area contributed by atoms with Crippen molar-refractivity contribution in [2.75, 3.05) is 7.11 Å². The van der Waals surface area contributed by atoms with Crippen molar-refractivity contribution in [3.63, 3.8) is 0 Å². The zero-order valence-electron chi connectivity index (χ0n) is 10.2. The molecule has 1 aromatic heterocycles. The molecule has 2 rings (SSSR count). The van der Waals surface area contributed by atoms with E-state index in [4.69, 9.17) is 17.0 Å². The van der Waals surface area contributed by atoms with Crippen LogP contribution in [-0.2, 0) is 11.3 Å². The van der Waals surface area contributed by atoms with E-state index >= 15 is 0 Å². The molecule has 1 heterocycles. The molecule has 0 aliphatic carbocycles. The summed E-state index contributed by atoms with van der Waals surface area (Å²) in [7, 11) is 1.65. The molecule has 0 atom stereocenters. The minimum atomic E-state index is 0.464. The average Bonchev–Trinajstić information content (AvgIpc) is 2.35. The number of aromatic amines is 1. The second kappa shape index (κ2) is 5.73. The molecule has 18 heavy (non-hydrogen) atoms. The van der Waals surface area contributed by atoms with Gasteiger partial charge in [-0.1, -0.05) is 36.0 Å². The molecule has 0 amide bonds. The van der Waals surface area contributed by atoms with Gasteiger partial charge in [-0.25, -0.2) is 4.98 Å². The van der Waals surface area contributed by atoms with E-state index < -0.39 is 0 Å². The van der Waals surface area contributed by atoms with E-state index in [1.54, 1.807) is 7.11 Å². The van der Waals surface area contributed by atoms with Gasteiger partial charge in [0.25, 0.3) is 0 Å². The quantitative estimate of drug-likeness (QED) is 0.866. The van der Waals surface area contributed by atoms with Crippen LogP contribution in [-0.4, -0.2) is 17.1 Å². The lowest BCUT2D eigenvalue weighted by Gasteiger charge is -2.08. The molecule has 0 aliphatic heterocycles. The van der Waals surface area contributed by atoms with E-state index in [1.807, 2.05) is 25.1 Å². The number of H-pyrrole nitrogens is 1. The van der Waals surface area contributed by atoms with Crippen LogP contribution >= 0.6 is 28.1 Å². The Kier molecular flexibility index (Phi) is 4.27. The summed E-state index contributed by atoms with van der Waals surface area (Å²) in [5.41, 5.74) is 3.10. The average molecular weight is 325 g/mol. The Labute approximate surface area is 119 Å². The lowest BCUT2D eigenvalue weighted by Crippen LogP contribution is -2.00. The highest BCUT2D eigenvalue weighted by atomic mass is 79.9. The third kappa shape index (κ3) is 2.85. The maximum absolute atomic E-state index is 5.24. The number of halogens is 1. The smallest absolute Gasteiger partial charge is 0.144 e. The highest BCUT2D eigenvalue weighted by molar-refractivity contribution is 9.10. The van der Waals surface area contributed by atoms with Crippen LogP contribution in [0.25, 0.3) is 11.4 Å². The predicted molar refractivity (Wildman–Crippen MR) is 78.0 cm³/mol. The molecule has 0 bridgehead atoms. The molecule has 2 aromatic rings. The molecule has 3 nitrogen and oxygen atoms in total. The first-order chi connectivity index (χ1) is 8.61. The zero-order valence-corrected chi connectivity index (χ0v) is 12.6. The van der Waals surface area contributed by atoms with Crippen molar-refractivity contribution in [2.45, 2.75) is 13.5 Å². The largest absolute Gasteiger partial charge is 0.378 e. The highest BCUT2D eigenvalue weighted by Gasteiger charge is 2.07. The van der Waals surface area contributed by atoms with Gasteiger partial charge in [0, 0.05) is 12.7 Å². The van der Waals surface area contributed by atoms with E-state index in [0.29, 0.717) is 11.2 Å². The summed E-state index contributed by atoms with van der Waals surface area (Å²) in [5.74, 6) is 0.763. The van der Waals surface area contributed by atoms with E-state index in [-0.39, 0.29) is 0 Å². The Morgan fingerprint density at radius 2 is 2.22 bits per heavy atom. The number of hydrogen-bond donors (Lipinski definition) is 1. The van der Waals surface area contributed by atoms with Crippen LogP contribution in [0.4, 0.5) is 0 Å². The predicted octanol–water partition coefficient (Wildman–Crippen LogP) is 4.02. The maximum atomic E-state index is 5.24. The van der Waals surface area contributed by atoms with Crippen molar-refractivity contribution in [1.82, 2.24) is 9.97 Å². The fourth-order valence-corrected chi connectivity index (χ4v) is 2.20. The minimum Gasteiger partial charge on any atom is -0.378 e. The number of aromatic nitrogens is 2. The third-order valence-electron chi connectivity index (χ3n) is 2.52. The van der Waals surface area contributed by atoms with Gasteiger partial charge < -0.3 is 9.72 Å². The van der Waals surface area contributed by atoms with Gasteiger partial charge in [0.15, 0.2) is 0 Å². The lowest BCUT2D eigenvalue weighted by atomic mass is 10.1. The van der Waals surface area contributed by atoms with E-state index in [0.717, 1.165) is 21.6 Å². The Morgan fingerprint density at radius 1 is 1.44 bits per heavy atom. The van der Waals surface area contributed by atoms with Crippen molar-refractivity contribution < 1.29 is 4.74 Å². The van der Waals surface area contributed by atoms with Crippen molar-refractivity contribution in [1.29, 1.82) is 0 Å². The first kappa shape index (κ1) is 13.4. The van der Waals surface area contributed by atoms with Gasteiger partial charge in [-0.15, -0.1) is 0 Å². The molecule has 5 heteroatoms. The molecule has 0 fully saturated rings. The number of benzene rings is 1. The van der Waals surface area contributed by atoms with Crippen molar-refractivity contribution in [2.24, 2.45) is 0 Å². The number of rotatable bonds is 3. The van der Waals surface area contributed by atoms with Crippen molar-refractivity contribution >= 4 is 28.1 Å². The maximum Gasteiger partial charge on any atom is 0.144 e. The number of nitrogens with zero attached hydrogens (tertiary/aromatic N) is 1. The molecule has 0 spiro atoms. The summed E-state index contributed by atoms with van der Waals surface area (Å²) in [6.07, 6.45) is 0. The monoisotopic (exact) mass is 324 g/mol. The Balaban J connectivity index is 2.55. The molecular weight excluding hydrogens is 312 g/mol. The van der Waals surface area contributed by atoms with Gasteiger partial charge in [-0.05, 0) is 28.9 Å². The van der Waals surface area contributed by atoms with Gasteiger partial charge in [0.2, 0.25) is 0 Å². The number of aryl methyl sites for hydroxylation is 1. The fraction of sp³-hybridized carbons (Fsp3) is 0.231. The molecule has 0 radical (unpaired) electrons. The molecule has 0 saturated heterocycles. The van der Waals surface area contributed by atoms with E-state index in [9.17, 15) is 0 Å². The summed E-state index contributed by atoms with van der Waals surface area (Å²) >= 11 is 8.67. The summed E-state index contributed by atoms with van der Waals surface area (Å²) in [4.78, 5) is 7.63. The van der Waals surface area contributed by atoms with Gasteiger partial charge in [0.1, 0.15) is 10.5 Å². The SMILES string of the molecule is COCc1[nH]c(-c2cccc(C)c2)nc(=S)c1Br. The lowest BCUT2D eigenvalue weighted by molar-refractivity contribution is 0.181. The second-order valence-electron chi connectivity index (χ2n) is 3.99. The molecule has 0 aliphatic rings. The van der Waals surface area contributed by atoms with Crippen molar-refractivity contribution in [3.8, 4) is 11.4 Å². The van der Waals surface area contributed by atoms with Crippen LogP contribution in [0.2, 0.25) is 0 Å². The summed E-state index contributed by atoms with van der Waals surface area (Å²) < 4.78 is 6.47. The second-order valence-corrected chi connectivity index (χ2v) is 5.17. The van der Waals surface area contributed by atoms with Gasteiger partial charge in [-0.2, -0.15) is 0 Å². The van der Waals surface area contributed by atoms with Crippen LogP contribution in [0, 0.1) is 11.6 Å². The third-order valence-corrected chi connectivity index (χ3v) is 3.93. The molecule has 1 N–H and O–H groups in total. The normalized spacial score (nSPS) is 10.6. The number of methoxy groups -OCH3 is 1. The molecular formula is C13H13BrN2OS. The first-order valence-corrected chi connectivity index (χ1v) is 6.66. The number of ether oxygens (including phenoxy) is 1. The van der Waals surface area contributed by atoms with Gasteiger partial charge in [0.05, 0.1) is 16.8 Å². The molecule has 0 unspecified atom stereocenters. The molecule has 1 aromatic carbocycles. The van der Waals surface area contributed by atoms with Crippen LogP contribution < -0.4 is 0 Å². The van der Waals surface area contributed by atoms with E-state index in [2.05, 4.69) is 32.0 Å². The fourth-order valence-electron chi connectivity index (χ4n) is 1.68. The van der Waals surface area contributed by atoms with Crippen molar-refractivity contribution in [3.05, 3.63) is 44.6 Å². The van der Waals surface area contributed by atoms with Crippen LogP contribution in [0.3, 0.4) is 0 Å². The number of hydrogen-bond acceptors (Lipinski definition) is 3. The number of nitrogens with one attached hydrogen (secondary N) is 1. The summed E-state index contributed by atoms with van der Waals surface area (Å²) in [6.45, 7) is 2.51. The standard InChI is InChI=1S/C13H13BrN2OS/c1-8-4-3-5-9(6-8)12-15-10(7-17-2)11(14)13(18)16-12/h3-6H,7H2,1-2H3,(H,15,16,18). The summed E-state index contributed by atoms with van der Waals surface area (Å²) in [6, 6.07) is 8.12. The molecule has 94 valence electrons. The minimum absolute atomic E-state index is 0.464. The van der Waals surface area contributed by atoms with Crippen LogP contribution in [0.1, 0.15) is 11.3 Å². The topological polar surface area (TPSA) is 37.9 Å².